The van der Waals surface area contributed by atoms with Crippen LogP contribution in [0.1, 0.15) is 172 Å². The highest BCUT2D eigenvalue weighted by molar-refractivity contribution is 5.83. The van der Waals surface area contributed by atoms with Gasteiger partial charge in [0.05, 0.1) is 76.5 Å². The Hall–Kier alpha value is -8.25. The number of hydrogen-bond donors (Lipinski definition) is 0. The summed E-state index contributed by atoms with van der Waals surface area (Å²) < 4.78 is 54.9. The molecule has 12 heteroatoms. The van der Waals surface area contributed by atoms with Crippen LogP contribution in [0, 0.1) is 0 Å². The fourth-order valence-corrected chi connectivity index (χ4v) is 9.61. The molecule has 0 atom stereocenters. The Morgan fingerprint density at radius 1 is 0.211 bits per heavy atom. The minimum absolute atomic E-state index is 0.438. The summed E-state index contributed by atoms with van der Waals surface area (Å²) in [5, 5.41) is 0. The lowest BCUT2D eigenvalue weighted by Crippen LogP contribution is -2.08. The van der Waals surface area contributed by atoms with Crippen molar-refractivity contribution < 1.29 is 42.6 Å². The Balaban J connectivity index is 0.827. The van der Waals surface area contributed by atoms with E-state index in [1.165, 1.54) is 96.3 Å². The zero-order chi connectivity index (χ0) is 62.6. The first kappa shape index (κ1) is 69.2. The summed E-state index contributed by atoms with van der Waals surface area (Å²) in [5.74, 6) is 6.93. The van der Waals surface area contributed by atoms with Gasteiger partial charge in [-0.1, -0.05) is 117 Å². The van der Waals surface area contributed by atoms with Gasteiger partial charge in [-0.25, -0.2) is 0 Å². The van der Waals surface area contributed by atoms with Crippen LogP contribution in [0.15, 0.2) is 179 Å². The lowest BCUT2D eigenvalue weighted by atomic mass is 10.1. The highest BCUT2D eigenvalue weighted by atomic mass is 16.5. The van der Waals surface area contributed by atoms with Gasteiger partial charge in [-0.3, -0.25) is 15.0 Å². The molecule has 0 N–H and O–H groups in total. The highest BCUT2D eigenvalue weighted by Gasteiger charge is 2.08. The first-order valence-corrected chi connectivity index (χ1v) is 33.5. The molecule has 90 heavy (non-hydrogen) atoms. The predicted molar refractivity (Wildman–Crippen MR) is 370 cm³/mol. The van der Waals surface area contributed by atoms with E-state index >= 15 is 0 Å². The van der Waals surface area contributed by atoms with Crippen molar-refractivity contribution >= 4 is 35.7 Å². The first-order valence-electron chi connectivity index (χ1n) is 33.5. The molecule has 0 heterocycles. The molecule has 0 unspecified atom stereocenters. The van der Waals surface area contributed by atoms with E-state index in [0.717, 1.165) is 107 Å². The number of benzene rings is 7. The van der Waals surface area contributed by atoms with Gasteiger partial charge in [0.15, 0.2) is 0 Å². The van der Waals surface area contributed by atoms with Gasteiger partial charge in [0.2, 0.25) is 0 Å². The molecule has 0 bridgehead atoms. The van der Waals surface area contributed by atoms with E-state index in [1.54, 1.807) is 0 Å². The molecule has 0 fully saturated rings. The van der Waals surface area contributed by atoms with Crippen LogP contribution < -0.4 is 42.6 Å². The second-order valence-electron chi connectivity index (χ2n) is 22.6. The van der Waals surface area contributed by atoms with E-state index in [-0.39, 0.29) is 0 Å². The van der Waals surface area contributed by atoms with Crippen molar-refractivity contribution in [2.24, 2.45) is 15.0 Å². The zero-order valence-electron chi connectivity index (χ0n) is 54.0. The van der Waals surface area contributed by atoms with E-state index in [2.05, 4.69) is 35.7 Å². The van der Waals surface area contributed by atoms with Crippen molar-refractivity contribution in [1.29, 1.82) is 0 Å². The Bertz CT molecular complexity index is 2710. The number of rotatable bonds is 48. The standard InChI is InChI=1S/C78H99N3O9/c1-4-7-10-13-16-19-49-82-70-37-25-64(26-38-70)61-79-67-31-43-73(44-32-67)85-52-22-55-88-76-58-77(89-56-23-53-86-74-45-33-68(34-46-74)80-62-65-27-39-71(40-28-65)83-50-20-17-14-11-8-5-2)60-78(59-76)90-57-24-54-87-75-47-35-69(36-48-75)81-63-66-29-41-72(42-30-66)84-51-21-18-15-12-9-6-3/h25-48,58-63H,4-24,49-57H2,1-3H3. The van der Waals surface area contributed by atoms with Crippen LogP contribution in [0.2, 0.25) is 0 Å². The average Bonchev–Trinajstić information content (AvgIpc) is 3.77. The quantitative estimate of drug-likeness (QED) is 0.0271. The third-order valence-electron chi connectivity index (χ3n) is 14.9. The SMILES string of the molecule is CCCCCCCCOc1ccc(C=Nc2ccc(OCCCOc3cc(OCCCOc4ccc(N=Cc5ccc(OCCCCCCCC)cc5)cc4)cc(OCCCOc4ccc(N=Cc5ccc(OCCCCCCCC)cc5)cc4)c3)cc2)cc1. The molecule has 0 radical (unpaired) electrons. The van der Waals surface area contributed by atoms with Gasteiger partial charge in [0.25, 0.3) is 0 Å². The van der Waals surface area contributed by atoms with Crippen LogP contribution in [0.5, 0.6) is 51.7 Å². The van der Waals surface area contributed by atoms with Gasteiger partial charge in [0, 0.05) is 56.1 Å². The molecule has 480 valence electrons. The van der Waals surface area contributed by atoms with Gasteiger partial charge in [0.1, 0.15) is 51.7 Å². The minimum atomic E-state index is 0.438. The average molecular weight is 1220 g/mol. The van der Waals surface area contributed by atoms with Crippen molar-refractivity contribution in [2.75, 3.05) is 59.5 Å². The fourth-order valence-electron chi connectivity index (χ4n) is 9.61. The van der Waals surface area contributed by atoms with E-state index < -0.39 is 0 Å². The normalized spacial score (nSPS) is 11.4. The molecule has 0 spiro atoms. The van der Waals surface area contributed by atoms with Gasteiger partial charge < -0.3 is 42.6 Å². The molecular formula is C78H99N3O9. The van der Waals surface area contributed by atoms with E-state index in [1.807, 2.05) is 182 Å². The number of hydrogen-bond acceptors (Lipinski definition) is 12. The Kier molecular flexibility index (Phi) is 33.4. The monoisotopic (exact) mass is 1220 g/mol. The molecule has 0 aliphatic carbocycles. The maximum Gasteiger partial charge on any atom is 0.126 e. The third-order valence-corrected chi connectivity index (χ3v) is 14.9. The summed E-state index contributed by atoms with van der Waals surface area (Å²) in [6.45, 7) is 11.8. The van der Waals surface area contributed by atoms with Crippen molar-refractivity contribution in [1.82, 2.24) is 0 Å². The van der Waals surface area contributed by atoms with Gasteiger partial charge >= 0.3 is 0 Å². The fraction of sp³-hybridized carbons (Fsp3) is 0.423. The lowest BCUT2D eigenvalue weighted by molar-refractivity contribution is 0.233. The Labute approximate surface area is 538 Å². The summed E-state index contributed by atoms with van der Waals surface area (Å²) in [6, 6.07) is 53.3. The summed E-state index contributed by atoms with van der Waals surface area (Å²) in [7, 11) is 0. The molecule has 0 amide bonds. The number of ether oxygens (including phenoxy) is 9. The second kappa shape index (κ2) is 43.4. The molecule has 7 aromatic carbocycles. The molecule has 0 aliphatic rings. The van der Waals surface area contributed by atoms with Crippen LogP contribution in [0.3, 0.4) is 0 Å². The van der Waals surface area contributed by atoms with Crippen LogP contribution in [0.25, 0.3) is 0 Å². The predicted octanol–water partition coefficient (Wildman–Crippen LogP) is 20.7. The molecule has 0 aliphatic heterocycles. The van der Waals surface area contributed by atoms with Crippen molar-refractivity contribution in [3.05, 3.63) is 180 Å². The third kappa shape index (κ3) is 29.4. The second-order valence-corrected chi connectivity index (χ2v) is 22.6. The molecule has 0 saturated carbocycles. The summed E-state index contributed by atoms with van der Waals surface area (Å²) >= 11 is 0. The molecule has 0 saturated heterocycles. The van der Waals surface area contributed by atoms with Gasteiger partial charge in [-0.15, -0.1) is 0 Å². The van der Waals surface area contributed by atoms with Crippen LogP contribution in [0.4, 0.5) is 17.1 Å². The molecule has 7 aromatic rings. The zero-order valence-corrected chi connectivity index (χ0v) is 54.0. The largest absolute Gasteiger partial charge is 0.494 e. The highest BCUT2D eigenvalue weighted by Crippen LogP contribution is 2.30. The molecule has 0 aromatic heterocycles. The van der Waals surface area contributed by atoms with Crippen LogP contribution >= 0.6 is 0 Å². The summed E-state index contributed by atoms with van der Waals surface area (Å²) in [5.41, 5.74) is 5.58. The smallest absolute Gasteiger partial charge is 0.126 e. The van der Waals surface area contributed by atoms with E-state index in [9.17, 15) is 0 Å². The first-order chi connectivity index (χ1) is 44.5. The van der Waals surface area contributed by atoms with Gasteiger partial charge in [-0.2, -0.15) is 0 Å². The summed E-state index contributed by atoms with van der Waals surface area (Å²) in [6.07, 6.45) is 30.1. The molecule has 12 nitrogen and oxygen atoms in total. The van der Waals surface area contributed by atoms with Crippen LogP contribution in [-0.2, 0) is 0 Å². The number of aliphatic imine (C=N–C) groups is 3. The van der Waals surface area contributed by atoms with Crippen molar-refractivity contribution in [3.63, 3.8) is 0 Å². The minimum Gasteiger partial charge on any atom is -0.494 e. The maximum atomic E-state index is 6.26. The van der Waals surface area contributed by atoms with Crippen LogP contribution in [-0.4, -0.2) is 78.1 Å². The molecular weight excluding hydrogens is 1120 g/mol. The van der Waals surface area contributed by atoms with E-state index in [0.29, 0.717) is 76.2 Å². The Morgan fingerprint density at radius 3 is 0.633 bits per heavy atom. The maximum absolute atomic E-state index is 6.26. The topological polar surface area (TPSA) is 120 Å². The number of unbranched alkanes of at least 4 members (excludes halogenated alkanes) is 15. The Morgan fingerprint density at radius 2 is 0.400 bits per heavy atom. The summed E-state index contributed by atoms with van der Waals surface area (Å²) in [4.78, 5) is 14.0. The van der Waals surface area contributed by atoms with Gasteiger partial charge in [-0.05, 0) is 182 Å². The lowest BCUT2D eigenvalue weighted by Gasteiger charge is -2.14. The van der Waals surface area contributed by atoms with Crippen molar-refractivity contribution in [2.45, 2.75) is 156 Å². The van der Waals surface area contributed by atoms with Crippen molar-refractivity contribution in [3.8, 4) is 51.7 Å². The van der Waals surface area contributed by atoms with E-state index in [4.69, 9.17) is 42.6 Å². The molecule has 7 rings (SSSR count). The number of nitrogens with zero attached hydrogens (tertiary/aromatic N) is 3.